The molecule has 0 spiro atoms. The molecular formula is C16H19N4O2PS. The summed E-state index contributed by atoms with van der Waals surface area (Å²) < 4.78 is 3.19. The SMILES string of the molecule is CN(N)P(=S)(c1ccccc1)N(C)/N=C/c1cccc(C(=O)O)c1. The van der Waals surface area contributed by atoms with E-state index in [4.69, 9.17) is 22.8 Å². The Morgan fingerprint density at radius 3 is 2.46 bits per heavy atom. The molecule has 0 aliphatic heterocycles. The second-order valence-electron chi connectivity index (χ2n) is 5.12. The van der Waals surface area contributed by atoms with Crippen molar-refractivity contribution < 1.29 is 9.90 Å². The van der Waals surface area contributed by atoms with Crippen LogP contribution in [0.5, 0.6) is 0 Å². The number of aromatic carboxylic acids is 1. The Bertz CT molecular complexity index is 796. The van der Waals surface area contributed by atoms with Crippen LogP contribution in [0.15, 0.2) is 59.7 Å². The van der Waals surface area contributed by atoms with Crippen molar-refractivity contribution in [2.24, 2.45) is 10.9 Å². The summed E-state index contributed by atoms with van der Waals surface area (Å²) in [6.07, 6.45) is -0.856. The first-order valence-corrected chi connectivity index (χ1v) is 9.82. The summed E-state index contributed by atoms with van der Waals surface area (Å²) in [5.41, 5.74) is 0.885. The van der Waals surface area contributed by atoms with Crippen molar-refractivity contribution in [1.29, 1.82) is 0 Å². The van der Waals surface area contributed by atoms with E-state index in [9.17, 15) is 4.79 Å². The Morgan fingerprint density at radius 2 is 1.88 bits per heavy atom. The summed E-state index contributed by atoms with van der Waals surface area (Å²) in [4.78, 5) is 11.0. The van der Waals surface area contributed by atoms with Gasteiger partial charge in [-0.05, 0) is 29.5 Å². The molecule has 126 valence electrons. The maximum atomic E-state index is 11.0. The van der Waals surface area contributed by atoms with Gasteiger partial charge in [0.05, 0.1) is 11.8 Å². The van der Waals surface area contributed by atoms with Crippen LogP contribution in [0.3, 0.4) is 0 Å². The third-order valence-electron chi connectivity index (χ3n) is 3.42. The lowest BCUT2D eigenvalue weighted by Crippen LogP contribution is -2.34. The molecular weight excluding hydrogens is 343 g/mol. The summed E-state index contributed by atoms with van der Waals surface area (Å²) in [6.45, 7) is 0. The second kappa shape index (κ2) is 7.68. The fraction of sp³-hybridized carbons (Fsp3) is 0.125. The van der Waals surface area contributed by atoms with Gasteiger partial charge in [0.1, 0.15) is 0 Å². The summed E-state index contributed by atoms with van der Waals surface area (Å²) in [6, 6.07) is 16.1. The lowest BCUT2D eigenvalue weighted by atomic mass is 10.1. The van der Waals surface area contributed by atoms with Crippen LogP contribution >= 0.6 is 6.34 Å². The van der Waals surface area contributed by atoms with E-state index in [1.807, 2.05) is 30.3 Å². The first kappa shape index (κ1) is 18.3. The van der Waals surface area contributed by atoms with Gasteiger partial charge in [-0.1, -0.05) is 42.5 Å². The number of nitrogens with zero attached hydrogens (tertiary/aromatic N) is 3. The van der Waals surface area contributed by atoms with Gasteiger partial charge < -0.3 is 5.11 Å². The van der Waals surface area contributed by atoms with E-state index in [-0.39, 0.29) is 5.56 Å². The molecule has 0 aliphatic rings. The highest BCUT2D eigenvalue weighted by molar-refractivity contribution is 8.15. The van der Waals surface area contributed by atoms with Crippen LogP contribution in [0.1, 0.15) is 15.9 Å². The molecule has 24 heavy (non-hydrogen) atoms. The number of hydrazone groups is 1. The highest BCUT2D eigenvalue weighted by Gasteiger charge is 2.27. The molecule has 0 aromatic heterocycles. The van der Waals surface area contributed by atoms with Gasteiger partial charge in [-0.2, -0.15) is 9.88 Å². The molecule has 0 heterocycles. The van der Waals surface area contributed by atoms with Crippen LogP contribution in [0.2, 0.25) is 0 Å². The van der Waals surface area contributed by atoms with Crippen molar-refractivity contribution >= 4 is 35.6 Å². The number of benzene rings is 2. The molecule has 2 aromatic rings. The quantitative estimate of drug-likeness (QED) is 0.354. The van der Waals surface area contributed by atoms with Crippen LogP contribution in [0, 0.1) is 0 Å². The summed E-state index contributed by atoms with van der Waals surface area (Å²) in [5, 5.41) is 14.4. The molecule has 1 unspecified atom stereocenters. The van der Waals surface area contributed by atoms with Crippen molar-refractivity contribution in [2.45, 2.75) is 0 Å². The lowest BCUT2D eigenvalue weighted by molar-refractivity contribution is 0.0697. The molecule has 6 nitrogen and oxygen atoms in total. The Balaban J connectivity index is 2.32. The highest BCUT2D eigenvalue weighted by Crippen LogP contribution is 2.48. The smallest absolute Gasteiger partial charge is 0.335 e. The van der Waals surface area contributed by atoms with E-state index in [1.165, 1.54) is 10.8 Å². The predicted molar refractivity (Wildman–Crippen MR) is 101 cm³/mol. The fourth-order valence-corrected chi connectivity index (χ4v) is 4.50. The third kappa shape index (κ3) is 3.88. The minimum Gasteiger partial charge on any atom is -0.478 e. The van der Waals surface area contributed by atoms with Gasteiger partial charge in [-0.25, -0.2) is 4.79 Å². The molecule has 3 N–H and O–H groups in total. The van der Waals surface area contributed by atoms with Gasteiger partial charge in [-0.3, -0.25) is 10.6 Å². The van der Waals surface area contributed by atoms with Crippen molar-refractivity contribution in [1.82, 2.24) is 9.56 Å². The molecule has 0 amide bonds. The van der Waals surface area contributed by atoms with Crippen molar-refractivity contribution in [3.05, 3.63) is 65.7 Å². The predicted octanol–water partition coefficient (Wildman–Crippen LogP) is 2.09. The van der Waals surface area contributed by atoms with Crippen molar-refractivity contribution in [3.8, 4) is 0 Å². The van der Waals surface area contributed by atoms with E-state index in [1.54, 1.807) is 43.3 Å². The molecule has 8 heteroatoms. The average Bonchev–Trinajstić information content (AvgIpc) is 2.59. The van der Waals surface area contributed by atoms with Crippen LogP contribution in [0.4, 0.5) is 0 Å². The van der Waals surface area contributed by atoms with Gasteiger partial charge in [0.15, 0.2) is 6.34 Å². The first-order valence-electron chi connectivity index (χ1n) is 7.12. The first-order chi connectivity index (χ1) is 11.4. The van der Waals surface area contributed by atoms with Crippen molar-refractivity contribution in [2.75, 3.05) is 14.1 Å². The minimum absolute atomic E-state index is 0.208. The number of rotatable bonds is 6. The number of nitrogens with two attached hydrogens (primary N) is 1. The average molecular weight is 362 g/mol. The van der Waals surface area contributed by atoms with Gasteiger partial charge in [0.2, 0.25) is 0 Å². The van der Waals surface area contributed by atoms with Crippen LogP contribution in [0.25, 0.3) is 0 Å². The molecule has 2 aromatic carbocycles. The molecule has 0 saturated carbocycles. The highest BCUT2D eigenvalue weighted by atomic mass is 32.4. The number of carboxylic acid groups (broad SMARTS) is 1. The van der Waals surface area contributed by atoms with Gasteiger partial charge in [0, 0.05) is 19.4 Å². The maximum absolute atomic E-state index is 11.0. The summed E-state index contributed by atoms with van der Waals surface area (Å²) >= 11 is 5.83. The Labute approximate surface area is 146 Å². The minimum atomic E-state index is -2.44. The number of hydrazine groups is 1. The summed E-state index contributed by atoms with van der Waals surface area (Å²) in [7, 11) is 3.50. The zero-order valence-electron chi connectivity index (χ0n) is 13.4. The van der Waals surface area contributed by atoms with Crippen molar-refractivity contribution in [3.63, 3.8) is 0 Å². The van der Waals surface area contributed by atoms with E-state index < -0.39 is 12.3 Å². The van der Waals surface area contributed by atoms with Gasteiger partial charge in [0.25, 0.3) is 0 Å². The number of carboxylic acids is 1. The zero-order chi connectivity index (χ0) is 17.7. The largest absolute Gasteiger partial charge is 0.478 e. The molecule has 0 fully saturated rings. The van der Waals surface area contributed by atoms with E-state index in [0.717, 1.165) is 5.30 Å². The Hall–Kier alpha value is -2.05. The normalized spacial score (nSPS) is 13.8. The number of carbonyl (C=O) groups is 1. The monoisotopic (exact) mass is 362 g/mol. The third-order valence-corrected chi connectivity index (χ3v) is 8.25. The number of hydrogen-bond acceptors (Lipinski definition) is 4. The number of hydrogen-bond donors (Lipinski definition) is 2. The second-order valence-corrected chi connectivity index (χ2v) is 9.46. The van der Waals surface area contributed by atoms with Gasteiger partial charge in [-0.15, -0.1) is 0 Å². The van der Waals surface area contributed by atoms with Crippen LogP contribution in [-0.4, -0.2) is 40.9 Å². The van der Waals surface area contributed by atoms with E-state index in [2.05, 4.69) is 5.10 Å². The lowest BCUT2D eigenvalue weighted by Gasteiger charge is -2.34. The molecule has 1 atom stereocenters. The molecule has 0 aliphatic carbocycles. The Kier molecular flexibility index (Phi) is 5.85. The molecule has 0 radical (unpaired) electrons. The van der Waals surface area contributed by atoms with Crippen LogP contribution < -0.4 is 11.1 Å². The molecule has 0 bridgehead atoms. The molecule has 2 rings (SSSR count). The Morgan fingerprint density at radius 1 is 1.21 bits per heavy atom. The van der Waals surface area contributed by atoms with E-state index in [0.29, 0.717) is 5.56 Å². The standard InChI is InChI=1S/C16H19N4O2PS/c1-19(17)23(24,15-9-4-3-5-10-15)20(2)18-12-13-7-6-8-14(11-13)16(21)22/h3-12H,17H2,1-2H3,(H,21,22)/b18-12+. The summed E-state index contributed by atoms with van der Waals surface area (Å²) in [5.74, 6) is 5.04. The van der Waals surface area contributed by atoms with Gasteiger partial charge >= 0.3 is 5.97 Å². The zero-order valence-corrected chi connectivity index (χ0v) is 15.1. The van der Waals surface area contributed by atoms with Crippen LogP contribution in [-0.2, 0) is 11.8 Å². The maximum Gasteiger partial charge on any atom is 0.335 e. The molecule has 0 saturated heterocycles. The fourth-order valence-electron chi connectivity index (χ4n) is 2.15. The topological polar surface area (TPSA) is 82.2 Å². The van der Waals surface area contributed by atoms with E-state index >= 15 is 0 Å².